The van der Waals surface area contributed by atoms with E-state index in [1.54, 1.807) is 0 Å². The van der Waals surface area contributed by atoms with Gasteiger partial charge in [0, 0.05) is 0 Å². The van der Waals surface area contributed by atoms with Gasteiger partial charge in [-0.25, -0.2) is 0 Å². The van der Waals surface area contributed by atoms with E-state index in [1.807, 2.05) is 67.6 Å². The maximum Gasteiger partial charge on any atom is 0.154 e. The second kappa shape index (κ2) is 5.02. The molecule has 0 fully saturated rings. The van der Waals surface area contributed by atoms with Crippen LogP contribution in [0.4, 0.5) is 0 Å². The van der Waals surface area contributed by atoms with Gasteiger partial charge in [-0.2, -0.15) is 0 Å². The van der Waals surface area contributed by atoms with Crippen LogP contribution in [0, 0.1) is 0 Å². The van der Waals surface area contributed by atoms with Crippen LogP contribution >= 0.6 is 0 Å². The van der Waals surface area contributed by atoms with E-state index in [2.05, 4.69) is 0 Å². The summed E-state index contributed by atoms with van der Waals surface area (Å²) in [5.41, 5.74) is 0.258. The van der Waals surface area contributed by atoms with Crippen molar-refractivity contribution in [3.63, 3.8) is 0 Å². The highest BCUT2D eigenvalue weighted by Crippen LogP contribution is 2.27. The van der Waals surface area contributed by atoms with Crippen LogP contribution in [0.25, 0.3) is 0 Å². The molecule has 2 aromatic carbocycles. The zero-order valence-electron chi connectivity index (χ0n) is 9.84. The molecule has 2 rings (SSSR count). The molecule has 0 bridgehead atoms. The monoisotopic (exact) mass is 228 g/mol. The summed E-state index contributed by atoms with van der Waals surface area (Å²) in [5.74, 6) is 0.757. The number of ether oxygens (including phenoxy) is 1. The van der Waals surface area contributed by atoms with Gasteiger partial charge in [0.1, 0.15) is 5.75 Å². The third kappa shape index (κ3) is 2.66. The van der Waals surface area contributed by atoms with Crippen LogP contribution in [-0.4, -0.2) is 11.7 Å². The first-order valence-corrected chi connectivity index (χ1v) is 5.65. The molecule has 2 aromatic rings. The van der Waals surface area contributed by atoms with E-state index in [-0.39, 0.29) is 6.61 Å². The zero-order chi connectivity index (χ0) is 12.1. The van der Waals surface area contributed by atoms with Crippen LogP contribution in [0.5, 0.6) is 5.75 Å². The van der Waals surface area contributed by atoms with Crippen molar-refractivity contribution in [3.8, 4) is 5.75 Å². The van der Waals surface area contributed by atoms with Gasteiger partial charge in [0.15, 0.2) is 5.60 Å². The number of benzene rings is 2. The van der Waals surface area contributed by atoms with Crippen molar-refractivity contribution in [2.24, 2.45) is 0 Å². The summed E-state index contributed by atoms with van der Waals surface area (Å²) < 4.78 is 5.89. The molecule has 0 amide bonds. The fourth-order valence-corrected chi connectivity index (χ4v) is 1.72. The highest BCUT2D eigenvalue weighted by Gasteiger charge is 2.27. The lowest BCUT2D eigenvalue weighted by atomic mass is 9.97. The van der Waals surface area contributed by atoms with Gasteiger partial charge in [-0.3, -0.25) is 0 Å². The molecule has 0 aromatic heterocycles. The first-order chi connectivity index (χ1) is 8.24. The molecular formula is C15H16O2. The van der Waals surface area contributed by atoms with Crippen molar-refractivity contribution in [2.75, 3.05) is 6.61 Å². The predicted molar refractivity (Wildman–Crippen MR) is 67.9 cm³/mol. The molecule has 17 heavy (non-hydrogen) atoms. The van der Waals surface area contributed by atoms with Gasteiger partial charge in [0.25, 0.3) is 0 Å². The molecule has 0 spiro atoms. The summed E-state index contributed by atoms with van der Waals surface area (Å²) in [6, 6.07) is 19.3. The van der Waals surface area contributed by atoms with Crippen molar-refractivity contribution in [3.05, 3.63) is 66.2 Å². The third-order valence-electron chi connectivity index (χ3n) is 2.77. The normalized spacial score (nSPS) is 14.0. The van der Waals surface area contributed by atoms with E-state index in [0.717, 1.165) is 11.3 Å². The molecule has 2 nitrogen and oxygen atoms in total. The predicted octanol–water partition coefficient (Wildman–Crippen LogP) is 2.97. The van der Waals surface area contributed by atoms with Crippen LogP contribution in [0.15, 0.2) is 60.7 Å². The number of hydrogen-bond donors (Lipinski definition) is 1. The largest absolute Gasteiger partial charge is 0.480 e. The lowest BCUT2D eigenvalue weighted by Crippen LogP contribution is -2.33. The van der Waals surface area contributed by atoms with Gasteiger partial charge in [0.05, 0.1) is 6.61 Å². The molecule has 0 aliphatic carbocycles. The van der Waals surface area contributed by atoms with Gasteiger partial charge < -0.3 is 9.84 Å². The minimum absolute atomic E-state index is 0.0636. The topological polar surface area (TPSA) is 29.5 Å². The molecule has 0 radical (unpaired) electrons. The first-order valence-electron chi connectivity index (χ1n) is 5.65. The van der Waals surface area contributed by atoms with Crippen LogP contribution < -0.4 is 4.74 Å². The standard InChI is InChI=1S/C15H16O2/c1-15(12-16,13-8-4-2-5-9-13)17-14-10-6-3-7-11-14/h2-11,16H,12H2,1H3. The van der Waals surface area contributed by atoms with Gasteiger partial charge in [-0.15, -0.1) is 0 Å². The lowest BCUT2D eigenvalue weighted by molar-refractivity contribution is 0.0216. The number of hydrogen-bond acceptors (Lipinski definition) is 2. The van der Waals surface area contributed by atoms with Crippen molar-refractivity contribution in [1.82, 2.24) is 0 Å². The third-order valence-corrected chi connectivity index (χ3v) is 2.77. The number of aliphatic hydroxyl groups is 1. The molecule has 0 heterocycles. The van der Waals surface area contributed by atoms with Crippen LogP contribution in [0.3, 0.4) is 0 Å². The van der Waals surface area contributed by atoms with Gasteiger partial charge in [-0.1, -0.05) is 48.5 Å². The fraction of sp³-hybridized carbons (Fsp3) is 0.200. The molecule has 0 aliphatic rings. The maximum atomic E-state index is 9.58. The SMILES string of the molecule is CC(CO)(Oc1ccccc1)c1ccccc1. The summed E-state index contributed by atoms with van der Waals surface area (Å²) in [6.07, 6.45) is 0. The Bertz CT molecular complexity index is 453. The van der Waals surface area contributed by atoms with Crippen molar-refractivity contribution in [2.45, 2.75) is 12.5 Å². The minimum atomic E-state index is -0.706. The van der Waals surface area contributed by atoms with Crippen LogP contribution in [-0.2, 0) is 5.60 Å². The summed E-state index contributed by atoms with van der Waals surface area (Å²) in [5, 5.41) is 9.58. The van der Waals surface area contributed by atoms with E-state index in [9.17, 15) is 5.11 Å². The van der Waals surface area contributed by atoms with E-state index < -0.39 is 5.60 Å². The molecule has 1 atom stereocenters. The Morgan fingerprint density at radius 3 is 2.00 bits per heavy atom. The first kappa shape index (κ1) is 11.7. The Balaban J connectivity index is 2.27. The summed E-state index contributed by atoms with van der Waals surface area (Å²) in [4.78, 5) is 0. The van der Waals surface area contributed by atoms with Gasteiger partial charge in [0.2, 0.25) is 0 Å². The van der Waals surface area contributed by atoms with E-state index in [0.29, 0.717) is 0 Å². The minimum Gasteiger partial charge on any atom is -0.480 e. The number of para-hydroxylation sites is 1. The highest BCUT2D eigenvalue weighted by atomic mass is 16.5. The lowest BCUT2D eigenvalue weighted by Gasteiger charge is -2.29. The molecule has 1 unspecified atom stereocenters. The van der Waals surface area contributed by atoms with Crippen molar-refractivity contribution >= 4 is 0 Å². The number of rotatable bonds is 4. The summed E-state index contributed by atoms with van der Waals surface area (Å²) in [7, 11) is 0. The van der Waals surface area contributed by atoms with Gasteiger partial charge >= 0.3 is 0 Å². The number of aliphatic hydroxyl groups excluding tert-OH is 1. The van der Waals surface area contributed by atoms with E-state index in [4.69, 9.17) is 4.74 Å². The van der Waals surface area contributed by atoms with Crippen LogP contribution in [0.2, 0.25) is 0 Å². The van der Waals surface area contributed by atoms with E-state index >= 15 is 0 Å². The molecule has 0 saturated carbocycles. The molecule has 1 N–H and O–H groups in total. The quantitative estimate of drug-likeness (QED) is 0.871. The second-order valence-electron chi connectivity index (χ2n) is 4.17. The molecule has 2 heteroatoms. The Kier molecular flexibility index (Phi) is 3.45. The van der Waals surface area contributed by atoms with Gasteiger partial charge in [-0.05, 0) is 24.6 Å². The van der Waals surface area contributed by atoms with Crippen molar-refractivity contribution < 1.29 is 9.84 Å². The fourth-order valence-electron chi connectivity index (χ4n) is 1.72. The molecule has 0 aliphatic heterocycles. The van der Waals surface area contributed by atoms with Crippen LogP contribution in [0.1, 0.15) is 12.5 Å². The summed E-state index contributed by atoms with van der Waals surface area (Å²) >= 11 is 0. The Hall–Kier alpha value is -1.80. The van der Waals surface area contributed by atoms with E-state index in [1.165, 1.54) is 0 Å². The van der Waals surface area contributed by atoms with Crippen molar-refractivity contribution in [1.29, 1.82) is 0 Å². The molecule has 0 saturated heterocycles. The average Bonchev–Trinajstić information content (AvgIpc) is 2.41. The highest BCUT2D eigenvalue weighted by molar-refractivity contribution is 5.27. The smallest absolute Gasteiger partial charge is 0.154 e. The summed E-state index contributed by atoms with van der Waals surface area (Å²) in [6.45, 7) is 1.82. The Morgan fingerprint density at radius 1 is 0.941 bits per heavy atom. The molecular weight excluding hydrogens is 212 g/mol. The second-order valence-corrected chi connectivity index (χ2v) is 4.17. The Labute approximate surface area is 101 Å². The Morgan fingerprint density at radius 2 is 1.47 bits per heavy atom. The average molecular weight is 228 g/mol. The maximum absolute atomic E-state index is 9.58. The molecule has 88 valence electrons. The zero-order valence-corrected chi connectivity index (χ0v) is 9.84.